The number of hydrogen-bond acceptors (Lipinski definition) is 11. The van der Waals surface area contributed by atoms with Crippen LogP contribution in [0.25, 0.3) is 0 Å². The SMILES string of the molecule is CCN(CC(=O)N1CCN(Cc2ccc3c(c2)OCO3)CC1)c1ccc(Oc2ccc(NS(=O)(=O)c3ccc(C(F)(F)F)cc3)cn2)c(F)c1.NS(=O)(=O)c1ccccc1. The zero-order valence-electron chi connectivity index (χ0n) is 32.0. The molecule has 4 aromatic carbocycles. The zero-order valence-corrected chi connectivity index (χ0v) is 33.6. The number of halogens is 4. The van der Waals surface area contributed by atoms with Crippen LogP contribution in [0.1, 0.15) is 18.1 Å². The fourth-order valence-corrected chi connectivity index (χ4v) is 7.71. The average molecular weight is 873 g/mol. The number of hydrogen-bond donors (Lipinski definition) is 2. The molecule has 0 bridgehead atoms. The number of nitrogens with one attached hydrogen (secondary N) is 1. The molecule has 5 aromatic rings. The second kappa shape index (κ2) is 18.5. The van der Waals surface area contributed by atoms with Crippen LogP contribution in [-0.2, 0) is 37.6 Å². The molecule has 3 N–H and O–H groups in total. The Bertz CT molecular complexity index is 2490. The minimum absolute atomic E-state index is 0.0161. The Kier molecular flexibility index (Phi) is 13.5. The number of alkyl halides is 3. The molecule has 1 amide bonds. The number of ether oxygens (including phenoxy) is 3. The predicted molar refractivity (Wildman–Crippen MR) is 213 cm³/mol. The highest BCUT2D eigenvalue weighted by Gasteiger charge is 2.31. The number of anilines is 2. The molecule has 1 aromatic heterocycles. The summed E-state index contributed by atoms with van der Waals surface area (Å²) in [7, 11) is -7.70. The topological polar surface area (TPSA) is 174 Å². The number of primary sulfonamides is 1. The van der Waals surface area contributed by atoms with E-state index in [1.165, 1.54) is 36.4 Å². The molecular weight excluding hydrogens is 833 g/mol. The van der Waals surface area contributed by atoms with Gasteiger partial charge in [0.2, 0.25) is 28.6 Å². The van der Waals surface area contributed by atoms with E-state index < -0.39 is 37.6 Å². The van der Waals surface area contributed by atoms with Gasteiger partial charge >= 0.3 is 6.18 Å². The number of nitrogens with two attached hydrogens (primary N) is 1. The quantitative estimate of drug-likeness (QED) is 0.140. The first-order valence-electron chi connectivity index (χ1n) is 18.3. The third-order valence-electron chi connectivity index (χ3n) is 9.32. The van der Waals surface area contributed by atoms with Gasteiger partial charge in [0.1, 0.15) is 0 Å². The fraction of sp³-hybridized carbons (Fsp3) is 0.250. The first-order valence-corrected chi connectivity index (χ1v) is 21.4. The van der Waals surface area contributed by atoms with E-state index in [0.717, 1.165) is 41.9 Å². The lowest BCUT2D eigenvalue weighted by Crippen LogP contribution is -2.51. The van der Waals surface area contributed by atoms with E-state index >= 15 is 4.39 Å². The lowest BCUT2D eigenvalue weighted by molar-refractivity contribution is -0.137. The minimum atomic E-state index is -4.60. The maximum absolute atomic E-state index is 15.2. The lowest BCUT2D eigenvalue weighted by Gasteiger charge is -2.36. The van der Waals surface area contributed by atoms with E-state index in [4.69, 9.17) is 19.3 Å². The Balaban J connectivity index is 0.000000529. The number of piperazine rings is 1. The van der Waals surface area contributed by atoms with E-state index in [1.807, 2.05) is 30.0 Å². The number of rotatable bonds is 12. The molecule has 0 spiro atoms. The number of carbonyl (C=O) groups excluding carboxylic acids is 1. The molecule has 60 heavy (non-hydrogen) atoms. The highest BCUT2D eigenvalue weighted by molar-refractivity contribution is 7.92. The number of carbonyl (C=O) groups is 1. The number of benzene rings is 4. The molecule has 1 fully saturated rings. The molecule has 14 nitrogen and oxygen atoms in total. The molecule has 2 aliphatic rings. The summed E-state index contributed by atoms with van der Waals surface area (Å²) in [6.45, 7) is 5.94. The van der Waals surface area contributed by atoms with Crippen LogP contribution in [-0.4, -0.2) is 83.6 Å². The Morgan fingerprint density at radius 1 is 0.867 bits per heavy atom. The highest BCUT2D eigenvalue weighted by atomic mass is 32.2. The summed E-state index contributed by atoms with van der Waals surface area (Å²) in [6, 6.07) is 23.8. The fourth-order valence-electron chi connectivity index (χ4n) is 6.13. The first kappa shape index (κ1) is 43.6. The van der Waals surface area contributed by atoms with Crippen molar-refractivity contribution in [3.05, 3.63) is 126 Å². The van der Waals surface area contributed by atoms with Gasteiger partial charge in [-0.15, -0.1) is 0 Å². The monoisotopic (exact) mass is 872 g/mol. The van der Waals surface area contributed by atoms with Gasteiger partial charge in [-0.05, 0) is 79.2 Å². The van der Waals surface area contributed by atoms with E-state index in [9.17, 15) is 34.8 Å². The number of likely N-dealkylation sites (N-methyl/N-ethyl adjacent to an activating group) is 1. The van der Waals surface area contributed by atoms with Gasteiger partial charge in [-0.3, -0.25) is 14.4 Å². The first-order chi connectivity index (χ1) is 28.5. The Labute approximate surface area is 344 Å². The summed E-state index contributed by atoms with van der Waals surface area (Å²) >= 11 is 0. The van der Waals surface area contributed by atoms with Crippen LogP contribution in [0.2, 0.25) is 0 Å². The van der Waals surface area contributed by atoms with Gasteiger partial charge in [-0.25, -0.2) is 31.3 Å². The number of amides is 1. The van der Waals surface area contributed by atoms with Gasteiger partial charge in [0.05, 0.1) is 33.8 Å². The Morgan fingerprint density at radius 2 is 1.57 bits per heavy atom. The molecule has 0 atom stereocenters. The van der Waals surface area contributed by atoms with Gasteiger partial charge in [0.15, 0.2) is 23.1 Å². The molecule has 20 heteroatoms. The number of nitrogens with zero attached hydrogens (tertiary/aromatic N) is 4. The zero-order chi connectivity index (χ0) is 43.1. The number of sulfonamides is 2. The summed E-state index contributed by atoms with van der Waals surface area (Å²) in [5.74, 6) is 0.552. The third-order valence-corrected chi connectivity index (χ3v) is 11.6. The largest absolute Gasteiger partial charge is 0.454 e. The van der Waals surface area contributed by atoms with Crippen LogP contribution in [0.4, 0.5) is 28.9 Å². The number of fused-ring (bicyclic) bond motifs is 1. The van der Waals surface area contributed by atoms with Crippen molar-refractivity contribution in [3.63, 3.8) is 0 Å². The van der Waals surface area contributed by atoms with Crippen molar-refractivity contribution in [3.8, 4) is 23.1 Å². The maximum atomic E-state index is 15.2. The molecule has 7 rings (SSSR count). The summed E-state index contributed by atoms with van der Waals surface area (Å²) in [5.41, 5.74) is 0.641. The highest BCUT2D eigenvalue weighted by Crippen LogP contribution is 2.34. The second-order valence-corrected chi connectivity index (χ2v) is 16.7. The normalized spacial score (nSPS) is 14.2. The van der Waals surface area contributed by atoms with Crippen molar-refractivity contribution in [2.45, 2.75) is 29.4 Å². The van der Waals surface area contributed by atoms with Crippen molar-refractivity contribution in [2.24, 2.45) is 5.14 Å². The molecule has 2 aliphatic heterocycles. The van der Waals surface area contributed by atoms with Crippen LogP contribution >= 0.6 is 0 Å². The van der Waals surface area contributed by atoms with Gasteiger partial charge in [0, 0.05) is 57.1 Å². The van der Waals surface area contributed by atoms with Crippen molar-refractivity contribution in [2.75, 3.05) is 55.7 Å². The Morgan fingerprint density at radius 3 is 2.17 bits per heavy atom. The molecular formula is C40H40F4N6O8S2. The van der Waals surface area contributed by atoms with Crippen molar-refractivity contribution >= 4 is 37.3 Å². The smallest absolute Gasteiger partial charge is 0.416 e. The van der Waals surface area contributed by atoms with Gasteiger partial charge in [-0.1, -0.05) is 24.3 Å². The molecule has 1 saturated heterocycles. The van der Waals surface area contributed by atoms with E-state index in [2.05, 4.69) is 14.6 Å². The predicted octanol–water partition coefficient (Wildman–Crippen LogP) is 6.07. The van der Waals surface area contributed by atoms with E-state index in [0.29, 0.717) is 50.5 Å². The summed E-state index contributed by atoms with van der Waals surface area (Å²) < 4.78 is 119. The van der Waals surface area contributed by atoms with Gasteiger partial charge in [-0.2, -0.15) is 13.2 Å². The lowest BCUT2D eigenvalue weighted by atomic mass is 10.1. The molecule has 0 aliphatic carbocycles. The maximum Gasteiger partial charge on any atom is 0.416 e. The molecule has 3 heterocycles. The van der Waals surface area contributed by atoms with Gasteiger partial charge < -0.3 is 24.0 Å². The van der Waals surface area contributed by atoms with Crippen molar-refractivity contribution in [1.29, 1.82) is 0 Å². The average Bonchev–Trinajstić information content (AvgIpc) is 3.70. The third kappa shape index (κ3) is 11.4. The van der Waals surface area contributed by atoms with Crippen molar-refractivity contribution in [1.82, 2.24) is 14.8 Å². The standard InChI is InChI=1S/C34H33F4N5O6S.C6H7NO2S/c1-2-42(21-33(44)43-15-13-41(14-16-43)20-23-3-10-30-31(17-23)48-22-47-30)26-7-11-29(28(35)18-26)49-32-12-6-25(19-39-32)40-50(45,46)27-8-4-24(5-9-27)34(36,37)38;7-10(8,9)6-4-2-1-3-5-6/h3-12,17-19,40H,2,13-16,20-22H2,1H3;1-5H,(H2,7,8,9). The number of pyridine rings is 1. The second-order valence-electron chi connectivity index (χ2n) is 13.4. The van der Waals surface area contributed by atoms with Crippen molar-refractivity contribution < 1.29 is 53.4 Å². The van der Waals surface area contributed by atoms with E-state index in [-0.39, 0.29) is 46.4 Å². The van der Waals surface area contributed by atoms with Crippen LogP contribution in [0.5, 0.6) is 23.1 Å². The minimum Gasteiger partial charge on any atom is -0.454 e. The molecule has 0 saturated carbocycles. The molecule has 0 unspecified atom stereocenters. The van der Waals surface area contributed by atoms with Crippen LogP contribution in [0.15, 0.2) is 119 Å². The number of aromatic nitrogens is 1. The van der Waals surface area contributed by atoms with Crippen LogP contribution in [0.3, 0.4) is 0 Å². The summed E-state index contributed by atoms with van der Waals surface area (Å²) in [4.78, 5) is 22.8. The van der Waals surface area contributed by atoms with Crippen LogP contribution in [0, 0.1) is 5.82 Å². The molecule has 0 radical (unpaired) electrons. The Hall–Kier alpha value is -5.96. The molecule has 318 valence electrons. The van der Waals surface area contributed by atoms with Gasteiger partial charge in [0.25, 0.3) is 10.0 Å². The summed E-state index contributed by atoms with van der Waals surface area (Å²) in [5, 5.41) is 4.83. The summed E-state index contributed by atoms with van der Waals surface area (Å²) in [6.07, 6.45) is -3.47. The van der Waals surface area contributed by atoms with E-state index in [1.54, 1.807) is 29.2 Å². The van der Waals surface area contributed by atoms with Crippen LogP contribution < -0.4 is 29.0 Å².